The topological polar surface area (TPSA) is 133 Å². The van der Waals surface area contributed by atoms with Gasteiger partial charge in [0.1, 0.15) is 12.6 Å². The molecule has 1 aromatic carbocycles. The van der Waals surface area contributed by atoms with Crippen LogP contribution >= 0.6 is 0 Å². The molecule has 0 spiro atoms. The number of benzene rings is 1. The highest BCUT2D eigenvalue weighted by Crippen LogP contribution is 2.16. The van der Waals surface area contributed by atoms with E-state index in [2.05, 4.69) is 39.7 Å². The highest BCUT2D eigenvalue weighted by molar-refractivity contribution is 5.97. The molecule has 0 radical (unpaired) electrons. The summed E-state index contributed by atoms with van der Waals surface area (Å²) in [6, 6.07) is 11.4. The summed E-state index contributed by atoms with van der Waals surface area (Å²) in [5, 5.41) is 19.7. The molecule has 2 heterocycles. The van der Waals surface area contributed by atoms with Crippen molar-refractivity contribution < 1.29 is 24.2 Å². The van der Waals surface area contributed by atoms with Gasteiger partial charge in [-0.15, -0.1) is 0 Å². The lowest BCUT2D eigenvalue weighted by molar-refractivity contribution is -0.125. The number of nitrogens with one attached hydrogen (secondary N) is 3. The van der Waals surface area contributed by atoms with Crippen molar-refractivity contribution in [2.24, 2.45) is 11.8 Å². The van der Waals surface area contributed by atoms with Crippen LogP contribution in [0.5, 0.6) is 0 Å². The summed E-state index contributed by atoms with van der Waals surface area (Å²) in [6.45, 7) is 9.95. The Labute approximate surface area is 243 Å². The van der Waals surface area contributed by atoms with Crippen molar-refractivity contribution >= 4 is 17.9 Å². The summed E-state index contributed by atoms with van der Waals surface area (Å²) in [7, 11) is 0. The van der Waals surface area contributed by atoms with Crippen LogP contribution in [0.4, 0.5) is 4.79 Å². The molecule has 10 heteroatoms. The molecule has 4 atom stereocenters. The number of alkyl carbamates (subject to hydrolysis) is 1. The molecule has 41 heavy (non-hydrogen) atoms. The van der Waals surface area contributed by atoms with E-state index in [1.165, 1.54) is 12.4 Å². The number of aliphatic hydroxyl groups is 1. The molecule has 1 aliphatic heterocycles. The minimum absolute atomic E-state index is 0.143. The Hall–Kier alpha value is -3.50. The number of β-amino-alcohol motifs (C(OH)–C–C–N with tert-alkyl or cyclic N) is 1. The van der Waals surface area contributed by atoms with Gasteiger partial charge in [-0.3, -0.25) is 19.5 Å². The normalized spacial score (nSPS) is 18.9. The number of hydrogen-bond donors (Lipinski definition) is 4. The van der Waals surface area contributed by atoms with Gasteiger partial charge in [-0.25, -0.2) is 4.79 Å². The maximum Gasteiger partial charge on any atom is 0.407 e. The third-order valence-corrected chi connectivity index (χ3v) is 7.03. The Morgan fingerprint density at radius 1 is 1.00 bits per heavy atom. The number of ether oxygens (including phenoxy) is 1. The fraction of sp³-hybridized carbons (Fsp3) is 0.548. The number of aliphatic hydroxyl groups excluding tert-OH is 1. The van der Waals surface area contributed by atoms with Crippen molar-refractivity contribution in [3.8, 4) is 0 Å². The van der Waals surface area contributed by atoms with Crippen molar-refractivity contribution in [1.82, 2.24) is 25.8 Å². The van der Waals surface area contributed by atoms with E-state index in [-0.39, 0.29) is 30.4 Å². The molecule has 1 aromatic heterocycles. The van der Waals surface area contributed by atoms with Crippen molar-refractivity contribution in [3.63, 3.8) is 0 Å². The first-order valence-electron chi connectivity index (χ1n) is 14.5. The first kappa shape index (κ1) is 32.0. The lowest BCUT2D eigenvalue weighted by Gasteiger charge is -2.38. The fourth-order valence-electron chi connectivity index (χ4n) is 5.05. The number of likely N-dealkylation sites (tertiary alicyclic amines) is 1. The Morgan fingerprint density at radius 3 is 2.32 bits per heavy atom. The Balaban J connectivity index is 1.52. The van der Waals surface area contributed by atoms with Crippen molar-refractivity contribution in [1.29, 1.82) is 0 Å². The molecule has 2 aromatic rings. The third-order valence-electron chi connectivity index (χ3n) is 7.03. The second-order valence-electron chi connectivity index (χ2n) is 11.7. The van der Waals surface area contributed by atoms with Gasteiger partial charge in [0.25, 0.3) is 5.91 Å². The van der Waals surface area contributed by atoms with Crippen LogP contribution in [0.3, 0.4) is 0 Å². The van der Waals surface area contributed by atoms with E-state index < -0.39 is 24.3 Å². The molecule has 10 nitrogen and oxygen atoms in total. The molecular weight excluding hydrogens is 522 g/mol. The van der Waals surface area contributed by atoms with Gasteiger partial charge >= 0.3 is 6.09 Å². The Kier molecular flexibility index (Phi) is 12.6. The molecule has 4 N–H and O–H groups in total. The van der Waals surface area contributed by atoms with E-state index in [4.69, 9.17) is 4.74 Å². The van der Waals surface area contributed by atoms with Crippen LogP contribution in [-0.2, 0) is 16.1 Å². The molecular formula is C31H45N5O5. The quantitative estimate of drug-likeness (QED) is 0.292. The van der Waals surface area contributed by atoms with Gasteiger partial charge in [0.2, 0.25) is 5.91 Å². The zero-order chi connectivity index (χ0) is 29.8. The van der Waals surface area contributed by atoms with Crippen LogP contribution in [0.2, 0.25) is 0 Å². The number of hydrogen-bond acceptors (Lipinski definition) is 7. The van der Waals surface area contributed by atoms with Gasteiger partial charge in [0.05, 0.1) is 12.1 Å². The standard InChI is InChI=1S/C31H45N5O5/c1-21(2)16-25(33-31(40)41-20-23-8-6-5-7-9-23)18-36-15-12-26(28(37)19-36)34-30(39)27(17-22(3)4)35-29(38)24-10-13-32-14-11-24/h5-11,13-14,21-22,25-28,37H,12,15-20H2,1-4H3,(H,33,40)(H,34,39)(H,35,38)/t25-,26?,27-,28?/m0/s1. The Bertz CT molecular complexity index is 1100. The third kappa shape index (κ3) is 11.1. The molecule has 0 bridgehead atoms. The second-order valence-corrected chi connectivity index (χ2v) is 11.7. The number of amides is 3. The van der Waals surface area contributed by atoms with Crippen LogP contribution in [0, 0.1) is 11.8 Å². The zero-order valence-electron chi connectivity index (χ0n) is 24.6. The van der Waals surface area contributed by atoms with Gasteiger partial charge in [0.15, 0.2) is 0 Å². The van der Waals surface area contributed by atoms with Crippen molar-refractivity contribution in [3.05, 3.63) is 66.0 Å². The lowest BCUT2D eigenvalue weighted by atomic mass is 9.97. The number of piperidine rings is 1. The molecule has 0 aliphatic carbocycles. The summed E-state index contributed by atoms with van der Waals surface area (Å²) >= 11 is 0. The molecule has 1 saturated heterocycles. The zero-order valence-corrected chi connectivity index (χ0v) is 24.6. The minimum Gasteiger partial charge on any atom is -0.445 e. The summed E-state index contributed by atoms with van der Waals surface area (Å²) in [4.78, 5) is 44.4. The second kappa shape index (κ2) is 16.1. The maximum atomic E-state index is 13.2. The van der Waals surface area contributed by atoms with E-state index in [0.29, 0.717) is 44.0 Å². The van der Waals surface area contributed by atoms with Gasteiger partial charge in [0, 0.05) is 43.6 Å². The van der Waals surface area contributed by atoms with Gasteiger partial charge in [-0.05, 0) is 48.8 Å². The van der Waals surface area contributed by atoms with Gasteiger partial charge < -0.3 is 25.8 Å². The first-order chi connectivity index (χ1) is 19.6. The molecule has 1 fully saturated rings. The smallest absolute Gasteiger partial charge is 0.407 e. The summed E-state index contributed by atoms with van der Waals surface area (Å²) in [5.74, 6) is -0.106. The van der Waals surface area contributed by atoms with E-state index in [1.54, 1.807) is 12.1 Å². The Morgan fingerprint density at radius 2 is 1.68 bits per heavy atom. The number of carbonyl (C=O) groups is 3. The van der Waals surface area contributed by atoms with Crippen LogP contribution in [0.1, 0.15) is 62.9 Å². The monoisotopic (exact) mass is 567 g/mol. The maximum absolute atomic E-state index is 13.2. The molecule has 2 unspecified atom stereocenters. The van der Waals surface area contributed by atoms with Crippen LogP contribution in [-0.4, -0.2) is 76.8 Å². The predicted octanol–water partition coefficient (Wildman–Crippen LogP) is 3.12. The van der Waals surface area contributed by atoms with Crippen molar-refractivity contribution in [2.75, 3.05) is 19.6 Å². The van der Waals surface area contributed by atoms with E-state index >= 15 is 0 Å². The SMILES string of the molecule is CC(C)C[C@@H](CN1CCC(NC(=O)[C@H](CC(C)C)NC(=O)c2ccncc2)C(O)C1)NC(=O)OCc1ccccc1. The average molecular weight is 568 g/mol. The van der Waals surface area contributed by atoms with Crippen molar-refractivity contribution in [2.45, 2.75) is 77.8 Å². The molecule has 1 aliphatic rings. The molecule has 3 amide bonds. The minimum atomic E-state index is -0.784. The summed E-state index contributed by atoms with van der Waals surface area (Å²) in [6.07, 6.45) is 3.60. The lowest BCUT2D eigenvalue weighted by Crippen LogP contribution is -2.59. The number of nitrogens with zero attached hydrogens (tertiary/aromatic N) is 2. The first-order valence-corrected chi connectivity index (χ1v) is 14.5. The molecule has 3 rings (SSSR count). The predicted molar refractivity (Wildman–Crippen MR) is 157 cm³/mol. The van der Waals surface area contributed by atoms with Gasteiger partial charge in [-0.1, -0.05) is 58.0 Å². The average Bonchev–Trinajstić information content (AvgIpc) is 2.93. The van der Waals surface area contributed by atoms with Crippen LogP contribution in [0.15, 0.2) is 54.9 Å². The number of rotatable bonds is 13. The van der Waals surface area contributed by atoms with Crippen LogP contribution in [0.25, 0.3) is 0 Å². The van der Waals surface area contributed by atoms with E-state index in [1.807, 2.05) is 44.2 Å². The summed E-state index contributed by atoms with van der Waals surface area (Å²) in [5.41, 5.74) is 1.35. The fourth-order valence-corrected chi connectivity index (χ4v) is 5.05. The number of pyridine rings is 1. The highest BCUT2D eigenvalue weighted by atomic mass is 16.5. The van der Waals surface area contributed by atoms with Crippen LogP contribution < -0.4 is 16.0 Å². The summed E-state index contributed by atoms with van der Waals surface area (Å²) < 4.78 is 5.42. The largest absolute Gasteiger partial charge is 0.445 e. The van der Waals surface area contributed by atoms with Gasteiger partial charge in [-0.2, -0.15) is 0 Å². The molecule has 224 valence electrons. The van der Waals surface area contributed by atoms with E-state index in [0.717, 1.165) is 12.0 Å². The molecule has 0 saturated carbocycles. The highest BCUT2D eigenvalue weighted by Gasteiger charge is 2.33. The van der Waals surface area contributed by atoms with E-state index in [9.17, 15) is 19.5 Å². The number of aromatic nitrogens is 1. The number of carbonyl (C=O) groups excluding carboxylic acids is 3.